The van der Waals surface area contributed by atoms with Crippen molar-refractivity contribution in [1.29, 1.82) is 0 Å². The van der Waals surface area contributed by atoms with Crippen LogP contribution in [-0.2, 0) is 0 Å². The number of aryl methyl sites for hydroxylation is 2. The highest BCUT2D eigenvalue weighted by atomic mass is 16.5. The Morgan fingerprint density at radius 1 is 1.08 bits per heavy atom. The van der Waals surface area contributed by atoms with Crippen molar-refractivity contribution in [3.8, 4) is 5.75 Å². The van der Waals surface area contributed by atoms with Gasteiger partial charge in [0.25, 0.3) is 0 Å². The summed E-state index contributed by atoms with van der Waals surface area (Å²) in [7, 11) is 1.66. The fraction of sp³-hybridized carbons (Fsp3) is 0.350. The van der Waals surface area contributed by atoms with Gasteiger partial charge in [0.05, 0.1) is 13.2 Å². The molecule has 0 aliphatic heterocycles. The van der Waals surface area contributed by atoms with Crippen molar-refractivity contribution in [2.45, 2.75) is 32.7 Å². The van der Waals surface area contributed by atoms with Gasteiger partial charge in [0.2, 0.25) is 0 Å². The molecule has 3 rings (SSSR count). The van der Waals surface area contributed by atoms with Gasteiger partial charge in [-0.15, -0.1) is 0 Å². The molecule has 1 aliphatic rings. The van der Waals surface area contributed by atoms with Gasteiger partial charge in [-0.3, -0.25) is 0 Å². The van der Waals surface area contributed by atoms with Gasteiger partial charge in [-0.25, -0.2) is 4.79 Å². The van der Waals surface area contributed by atoms with Crippen LogP contribution in [0.4, 0.5) is 10.5 Å². The summed E-state index contributed by atoms with van der Waals surface area (Å²) in [5.74, 6) is 1.34. The van der Waals surface area contributed by atoms with Crippen LogP contribution in [-0.4, -0.2) is 13.1 Å². The number of hydrogen-bond donors (Lipinski definition) is 2. The Bertz CT molecular complexity index is 701. The summed E-state index contributed by atoms with van der Waals surface area (Å²) in [6.07, 6.45) is 2.31. The molecule has 0 bridgehead atoms. The summed E-state index contributed by atoms with van der Waals surface area (Å²) in [6.45, 7) is 4.01. The Kier molecular flexibility index (Phi) is 4.74. The van der Waals surface area contributed by atoms with Gasteiger partial charge in [-0.05, 0) is 61.4 Å². The van der Waals surface area contributed by atoms with Gasteiger partial charge in [-0.1, -0.05) is 30.3 Å². The molecule has 1 aliphatic carbocycles. The Hall–Kier alpha value is -2.49. The van der Waals surface area contributed by atoms with Crippen molar-refractivity contribution < 1.29 is 9.53 Å². The maximum absolute atomic E-state index is 12.5. The molecule has 1 unspecified atom stereocenters. The lowest BCUT2D eigenvalue weighted by Gasteiger charge is -2.20. The second-order valence-corrected chi connectivity index (χ2v) is 6.45. The molecule has 0 spiro atoms. The average Bonchev–Trinajstić information content (AvgIpc) is 3.41. The first-order valence-electron chi connectivity index (χ1n) is 8.36. The number of urea groups is 1. The van der Waals surface area contributed by atoms with E-state index in [1.54, 1.807) is 7.11 Å². The van der Waals surface area contributed by atoms with E-state index in [2.05, 4.69) is 10.6 Å². The number of rotatable bonds is 5. The van der Waals surface area contributed by atoms with E-state index < -0.39 is 0 Å². The van der Waals surface area contributed by atoms with Gasteiger partial charge < -0.3 is 15.4 Å². The summed E-state index contributed by atoms with van der Waals surface area (Å²) >= 11 is 0. The van der Waals surface area contributed by atoms with Crippen molar-refractivity contribution in [3.05, 3.63) is 59.2 Å². The van der Waals surface area contributed by atoms with Crippen molar-refractivity contribution in [2.75, 3.05) is 12.4 Å². The first kappa shape index (κ1) is 16.4. The SMILES string of the molecule is COc1ccc(C(NC(=O)Nc2c(C)cccc2C)C2CC2)cc1. The number of carbonyl (C=O) groups is 1. The first-order chi connectivity index (χ1) is 11.6. The third-order valence-electron chi connectivity index (χ3n) is 4.57. The third-order valence-corrected chi connectivity index (χ3v) is 4.57. The zero-order chi connectivity index (χ0) is 17.1. The first-order valence-corrected chi connectivity index (χ1v) is 8.36. The van der Waals surface area contributed by atoms with Crippen LogP contribution in [0.2, 0.25) is 0 Å². The third kappa shape index (κ3) is 3.70. The number of benzene rings is 2. The zero-order valence-corrected chi connectivity index (χ0v) is 14.4. The molecule has 4 nitrogen and oxygen atoms in total. The van der Waals surface area contributed by atoms with E-state index >= 15 is 0 Å². The van der Waals surface area contributed by atoms with Gasteiger partial charge in [0.15, 0.2) is 0 Å². The zero-order valence-electron chi connectivity index (χ0n) is 14.4. The van der Waals surface area contributed by atoms with Crippen LogP contribution < -0.4 is 15.4 Å². The smallest absolute Gasteiger partial charge is 0.319 e. The van der Waals surface area contributed by atoms with Gasteiger partial charge >= 0.3 is 6.03 Å². The molecule has 2 amide bonds. The number of anilines is 1. The second-order valence-electron chi connectivity index (χ2n) is 6.45. The predicted octanol–water partition coefficient (Wildman–Crippen LogP) is 4.58. The van der Waals surface area contributed by atoms with E-state index in [0.717, 1.165) is 41.0 Å². The molecule has 24 heavy (non-hydrogen) atoms. The van der Waals surface area contributed by atoms with Crippen molar-refractivity contribution in [3.63, 3.8) is 0 Å². The predicted molar refractivity (Wildman–Crippen MR) is 96.5 cm³/mol. The van der Waals surface area contributed by atoms with Crippen molar-refractivity contribution >= 4 is 11.7 Å². The molecule has 0 aromatic heterocycles. The average molecular weight is 324 g/mol. The molecular formula is C20H24N2O2. The minimum atomic E-state index is -0.153. The Morgan fingerprint density at radius 3 is 2.25 bits per heavy atom. The topological polar surface area (TPSA) is 50.4 Å². The molecule has 4 heteroatoms. The summed E-state index contributed by atoms with van der Waals surface area (Å²) in [5, 5.41) is 6.15. The fourth-order valence-corrected chi connectivity index (χ4v) is 3.02. The molecular weight excluding hydrogens is 300 g/mol. The minimum Gasteiger partial charge on any atom is -0.497 e. The van der Waals surface area contributed by atoms with Crippen LogP contribution in [0.25, 0.3) is 0 Å². The van der Waals surface area contributed by atoms with Crippen LogP contribution in [0.1, 0.15) is 35.6 Å². The number of ether oxygens (including phenoxy) is 1. The van der Waals surface area contributed by atoms with Crippen LogP contribution in [0.15, 0.2) is 42.5 Å². The monoisotopic (exact) mass is 324 g/mol. The minimum absolute atomic E-state index is 0.0419. The molecule has 1 saturated carbocycles. The second kappa shape index (κ2) is 6.95. The van der Waals surface area contributed by atoms with Gasteiger partial charge in [-0.2, -0.15) is 0 Å². The lowest BCUT2D eigenvalue weighted by molar-refractivity contribution is 0.247. The highest BCUT2D eigenvalue weighted by molar-refractivity contribution is 5.91. The lowest BCUT2D eigenvalue weighted by Crippen LogP contribution is -2.34. The standard InChI is InChI=1S/C20H24N2O2/c1-13-5-4-6-14(2)18(13)21-20(23)22-19(15-7-8-15)16-9-11-17(24-3)12-10-16/h4-6,9-12,15,19H,7-8H2,1-3H3,(H2,21,22,23). The number of hydrogen-bond acceptors (Lipinski definition) is 2. The maximum atomic E-state index is 12.5. The summed E-state index contributed by atoms with van der Waals surface area (Å²) in [6, 6.07) is 13.8. The lowest BCUT2D eigenvalue weighted by atomic mass is 10.0. The van der Waals surface area contributed by atoms with Crippen molar-refractivity contribution in [2.24, 2.45) is 5.92 Å². The number of para-hydroxylation sites is 1. The van der Waals surface area contributed by atoms with E-state index in [4.69, 9.17) is 4.74 Å². The highest BCUT2D eigenvalue weighted by Gasteiger charge is 2.33. The number of methoxy groups -OCH3 is 1. The summed E-state index contributed by atoms with van der Waals surface area (Å²) < 4.78 is 5.21. The maximum Gasteiger partial charge on any atom is 0.319 e. The molecule has 126 valence electrons. The normalized spacial score (nSPS) is 14.8. The highest BCUT2D eigenvalue weighted by Crippen LogP contribution is 2.41. The molecule has 2 N–H and O–H groups in total. The van der Waals surface area contributed by atoms with E-state index in [9.17, 15) is 4.79 Å². The molecule has 0 radical (unpaired) electrons. The molecule has 0 saturated heterocycles. The van der Waals surface area contributed by atoms with Crippen LogP contribution in [0.3, 0.4) is 0 Å². The summed E-state index contributed by atoms with van der Waals surface area (Å²) in [5.41, 5.74) is 4.14. The van der Waals surface area contributed by atoms with E-state index in [1.165, 1.54) is 0 Å². The molecule has 1 atom stereocenters. The van der Waals surface area contributed by atoms with E-state index in [1.807, 2.05) is 56.3 Å². The van der Waals surface area contributed by atoms with E-state index in [0.29, 0.717) is 5.92 Å². The molecule has 1 fully saturated rings. The Balaban J connectivity index is 1.72. The van der Waals surface area contributed by atoms with Gasteiger partial charge in [0.1, 0.15) is 5.75 Å². The molecule has 0 heterocycles. The van der Waals surface area contributed by atoms with E-state index in [-0.39, 0.29) is 12.1 Å². The van der Waals surface area contributed by atoms with Crippen LogP contribution in [0.5, 0.6) is 5.75 Å². The molecule has 2 aromatic rings. The van der Waals surface area contributed by atoms with Crippen LogP contribution >= 0.6 is 0 Å². The summed E-state index contributed by atoms with van der Waals surface area (Å²) in [4.78, 5) is 12.5. The molecule has 2 aromatic carbocycles. The quantitative estimate of drug-likeness (QED) is 0.845. The number of amides is 2. The van der Waals surface area contributed by atoms with Crippen molar-refractivity contribution in [1.82, 2.24) is 5.32 Å². The number of nitrogens with one attached hydrogen (secondary N) is 2. The van der Waals surface area contributed by atoms with Crippen LogP contribution in [0, 0.1) is 19.8 Å². The number of carbonyl (C=O) groups excluding carboxylic acids is 1. The van der Waals surface area contributed by atoms with Gasteiger partial charge in [0, 0.05) is 5.69 Å². The largest absolute Gasteiger partial charge is 0.497 e. The Labute approximate surface area is 143 Å². The Morgan fingerprint density at radius 2 is 1.71 bits per heavy atom. The fourth-order valence-electron chi connectivity index (χ4n) is 3.02.